The van der Waals surface area contributed by atoms with Gasteiger partial charge in [0.1, 0.15) is 11.8 Å². The van der Waals surface area contributed by atoms with E-state index < -0.39 is 12.1 Å². The van der Waals surface area contributed by atoms with Crippen LogP contribution in [0.1, 0.15) is 29.7 Å². The smallest absolute Gasteiger partial charge is 0.325 e. The van der Waals surface area contributed by atoms with Crippen molar-refractivity contribution < 1.29 is 18.8 Å². The van der Waals surface area contributed by atoms with Crippen molar-refractivity contribution in [3.05, 3.63) is 53.5 Å². The van der Waals surface area contributed by atoms with Gasteiger partial charge >= 0.3 is 6.03 Å². The van der Waals surface area contributed by atoms with Crippen molar-refractivity contribution >= 4 is 23.5 Å². The first kappa shape index (κ1) is 17.7. The molecule has 1 aromatic heterocycles. The highest BCUT2D eigenvalue weighted by Crippen LogP contribution is 2.19. The first-order valence-electron chi connectivity index (χ1n) is 8.46. The number of benzene rings is 1. The van der Waals surface area contributed by atoms with Crippen LogP contribution in [-0.4, -0.2) is 28.8 Å². The van der Waals surface area contributed by atoms with E-state index >= 15 is 0 Å². The molecule has 1 aromatic carbocycles. The number of aryl methyl sites for hydroxylation is 1. The van der Waals surface area contributed by atoms with Gasteiger partial charge < -0.3 is 15.1 Å². The molecule has 7 heteroatoms. The highest BCUT2D eigenvalue weighted by atomic mass is 16.3. The Morgan fingerprint density at radius 2 is 2.04 bits per heavy atom. The topological polar surface area (TPSA) is 91.7 Å². The van der Waals surface area contributed by atoms with Gasteiger partial charge in [0.05, 0.1) is 12.8 Å². The van der Waals surface area contributed by atoms with Crippen LogP contribution in [0.3, 0.4) is 0 Å². The molecule has 2 aromatic rings. The third-order valence-corrected chi connectivity index (χ3v) is 4.54. The Morgan fingerprint density at radius 3 is 2.77 bits per heavy atom. The molecule has 0 spiro atoms. The van der Waals surface area contributed by atoms with E-state index in [1.54, 1.807) is 12.1 Å². The van der Waals surface area contributed by atoms with E-state index in [4.69, 9.17) is 4.42 Å². The van der Waals surface area contributed by atoms with Crippen LogP contribution in [0.25, 0.3) is 0 Å². The Bertz CT molecular complexity index is 829. The van der Waals surface area contributed by atoms with Crippen LogP contribution in [-0.2, 0) is 16.1 Å². The van der Waals surface area contributed by atoms with Crippen LogP contribution < -0.4 is 10.6 Å². The molecule has 1 atom stereocenters. The number of urea groups is 1. The van der Waals surface area contributed by atoms with Gasteiger partial charge in [-0.3, -0.25) is 14.5 Å². The third-order valence-electron chi connectivity index (χ3n) is 4.54. The first-order valence-corrected chi connectivity index (χ1v) is 8.46. The zero-order valence-electron chi connectivity index (χ0n) is 14.7. The Kier molecular flexibility index (Phi) is 5.06. The van der Waals surface area contributed by atoms with Gasteiger partial charge in [0.25, 0.3) is 5.91 Å². The quantitative estimate of drug-likeness (QED) is 0.780. The lowest BCUT2D eigenvalue weighted by molar-refractivity contribution is -0.128. The second-order valence-electron chi connectivity index (χ2n) is 6.34. The lowest BCUT2D eigenvalue weighted by Gasteiger charge is -2.12. The molecule has 1 fully saturated rings. The molecule has 1 aliphatic rings. The largest absolute Gasteiger partial charge is 0.467 e. The van der Waals surface area contributed by atoms with Gasteiger partial charge in [0.15, 0.2) is 0 Å². The molecule has 0 radical (unpaired) electrons. The minimum Gasteiger partial charge on any atom is -0.467 e. The van der Waals surface area contributed by atoms with Crippen molar-refractivity contribution in [3.63, 3.8) is 0 Å². The van der Waals surface area contributed by atoms with E-state index in [1.165, 1.54) is 6.26 Å². The number of furan rings is 1. The van der Waals surface area contributed by atoms with Crippen LogP contribution >= 0.6 is 0 Å². The van der Waals surface area contributed by atoms with E-state index in [9.17, 15) is 14.4 Å². The van der Waals surface area contributed by atoms with Crippen LogP contribution in [0.15, 0.2) is 41.0 Å². The highest BCUT2D eigenvalue weighted by molar-refractivity contribution is 6.04. The van der Waals surface area contributed by atoms with Gasteiger partial charge in [-0.25, -0.2) is 4.79 Å². The van der Waals surface area contributed by atoms with E-state index in [2.05, 4.69) is 10.6 Å². The molecule has 0 bridgehead atoms. The molecule has 7 nitrogen and oxygen atoms in total. The Morgan fingerprint density at radius 1 is 1.23 bits per heavy atom. The molecule has 2 heterocycles. The normalized spacial score (nSPS) is 16.7. The lowest BCUT2D eigenvalue weighted by Crippen LogP contribution is -2.31. The predicted molar refractivity (Wildman–Crippen MR) is 95.4 cm³/mol. The van der Waals surface area contributed by atoms with Gasteiger partial charge in [-0.1, -0.05) is 12.1 Å². The number of hydrogen-bond donors (Lipinski definition) is 2. The number of anilines is 1. The maximum Gasteiger partial charge on any atom is 0.325 e. The molecule has 4 amide bonds. The molecular formula is C19H21N3O4. The number of nitrogens with one attached hydrogen (secondary N) is 2. The summed E-state index contributed by atoms with van der Waals surface area (Å²) in [5.41, 5.74) is 2.86. The van der Waals surface area contributed by atoms with E-state index in [1.807, 2.05) is 32.0 Å². The van der Waals surface area contributed by atoms with E-state index in [0.717, 1.165) is 21.7 Å². The summed E-state index contributed by atoms with van der Waals surface area (Å²) in [6.45, 7) is 4.01. The second kappa shape index (κ2) is 7.43. The Labute approximate surface area is 151 Å². The van der Waals surface area contributed by atoms with Gasteiger partial charge in [-0.15, -0.1) is 0 Å². The van der Waals surface area contributed by atoms with E-state index in [-0.39, 0.29) is 31.2 Å². The standard InChI is InChI=1S/C19H21N3O4/c1-12-5-3-7-15(13(12)2)20-17(23)9-8-16-18(24)22(19(25)21-16)11-14-6-4-10-26-14/h3-7,10,16H,8-9,11H2,1-2H3,(H,20,23)(H,21,25). The second-order valence-corrected chi connectivity index (χ2v) is 6.34. The van der Waals surface area contributed by atoms with Gasteiger partial charge in [-0.2, -0.15) is 0 Å². The predicted octanol–water partition coefficient (Wildman–Crippen LogP) is 2.74. The maximum atomic E-state index is 12.4. The number of hydrogen-bond acceptors (Lipinski definition) is 4. The SMILES string of the molecule is Cc1cccc(NC(=O)CCC2NC(=O)N(Cc3ccco3)C2=O)c1C. The van der Waals surface area contributed by atoms with Gasteiger partial charge in [-0.05, 0) is 49.6 Å². The zero-order valence-corrected chi connectivity index (χ0v) is 14.7. The minimum absolute atomic E-state index is 0.0862. The van der Waals surface area contributed by atoms with Crippen LogP contribution in [0.5, 0.6) is 0 Å². The van der Waals surface area contributed by atoms with Crippen molar-refractivity contribution in [2.45, 2.75) is 39.3 Å². The summed E-state index contributed by atoms with van der Waals surface area (Å²) in [4.78, 5) is 37.7. The molecule has 1 saturated heterocycles. The first-order chi connectivity index (χ1) is 12.5. The average molecular weight is 355 g/mol. The molecular weight excluding hydrogens is 334 g/mol. The fraction of sp³-hybridized carbons (Fsp3) is 0.316. The molecule has 2 N–H and O–H groups in total. The molecule has 0 saturated carbocycles. The third kappa shape index (κ3) is 3.77. The molecule has 1 aliphatic heterocycles. The average Bonchev–Trinajstić information content (AvgIpc) is 3.21. The number of carbonyl (C=O) groups is 3. The minimum atomic E-state index is -0.693. The fourth-order valence-corrected chi connectivity index (χ4v) is 2.86. The number of rotatable bonds is 6. The molecule has 3 rings (SSSR count). The van der Waals surface area contributed by atoms with Crippen molar-refractivity contribution in [3.8, 4) is 0 Å². The highest BCUT2D eigenvalue weighted by Gasteiger charge is 2.38. The lowest BCUT2D eigenvalue weighted by atomic mass is 10.1. The van der Waals surface area contributed by atoms with Crippen molar-refractivity contribution in [2.24, 2.45) is 0 Å². The Balaban J connectivity index is 1.54. The van der Waals surface area contributed by atoms with E-state index in [0.29, 0.717) is 5.76 Å². The molecule has 136 valence electrons. The number of amides is 4. The fourth-order valence-electron chi connectivity index (χ4n) is 2.86. The number of imide groups is 1. The molecule has 0 aliphatic carbocycles. The van der Waals surface area contributed by atoms with Crippen LogP contribution in [0.4, 0.5) is 10.5 Å². The summed E-state index contributed by atoms with van der Waals surface area (Å²) in [5.74, 6) is -0.00187. The summed E-state index contributed by atoms with van der Waals surface area (Å²) in [5, 5.41) is 5.48. The molecule has 26 heavy (non-hydrogen) atoms. The maximum absolute atomic E-state index is 12.4. The summed E-state index contributed by atoms with van der Waals surface area (Å²) >= 11 is 0. The molecule has 1 unspecified atom stereocenters. The van der Waals surface area contributed by atoms with Crippen LogP contribution in [0.2, 0.25) is 0 Å². The van der Waals surface area contributed by atoms with Gasteiger partial charge in [0, 0.05) is 12.1 Å². The Hall–Kier alpha value is -3.09. The van der Waals surface area contributed by atoms with Crippen molar-refractivity contribution in [2.75, 3.05) is 5.32 Å². The number of nitrogens with zero attached hydrogens (tertiary/aromatic N) is 1. The van der Waals surface area contributed by atoms with Crippen LogP contribution in [0, 0.1) is 13.8 Å². The monoisotopic (exact) mass is 355 g/mol. The summed E-state index contributed by atoms with van der Waals surface area (Å²) in [6, 6.07) is 7.94. The van der Waals surface area contributed by atoms with Crippen molar-refractivity contribution in [1.82, 2.24) is 10.2 Å². The van der Waals surface area contributed by atoms with Crippen molar-refractivity contribution in [1.29, 1.82) is 0 Å². The summed E-state index contributed by atoms with van der Waals surface area (Å²) < 4.78 is 5.17. The van der Waals surface area contributed by atoms with Gasteiger partial charge in [0.2, 0.25) is 5.91 Å². The summed E-state index contributed by atoms with van der Waals surface area (Å²) in [7, 11) is 0. The number of carbonyl (C=O) groups excluding carboxylic acids is 3. The zero-order chi connectivity index (χ0) is 18.7. The summed E-state index contributed by atoms with van der Waals surface area (Å²) in [6.07, 6.45) is 1.87.